The summed E-state index contributed by atoms with van der Waals surface area (Å²) < 4.78 is 6.16. The fourth-order valence-electron chi connectivity index (χ4n) is 2.66. The Hall–Kier alpha value is -2.37. The highest BCUT2D eigenvalue weighted by molar-refractivity contribution is 8.27. The van der Waals surface area contributed by atoms with Gasteiger partial charge in [-0.15, -0.1) is 0 Å². The number of anilines is 1. The molecule has 5 heteroatoms. The first-order chi connectivity index (χ1) is 12.6. The van der Waals surface area contributed by atoms with Gasteiger partial charge in [0.25, 0.3) is 5.91 Å². The predicted octanol–water partition coefficient (Wildman–Crippen LogP) is 5.44. The Balaban J connectivity index is 1.89. The number of ether oxygens (including phenoxy) is 1. The molecule has 1 amide bonds. The zero-order valence-electron chi connectivity index (χ0n) is 14.6. The van der Waals surface area contributed by atoms with Gasteiger partial charge in [0.1, 0.15) is 5.75 Å². The Bertz CT molecular complexity index is 888. The van der Waals surface area contributed by atoms with Crippen LogP contribution in [0.5, 0.6) is 5.75 Å². The van der Waals surface area contributed by atoms with E-state index in [0.29, 0.717) is 27.3 Å². The molecule has 0 aromatic heterocycles. The number of hydrogen-bond acceptors (Lipinski definition) is 4. The molecule has 1 aliphatic rings. The van der Waals surface area contributed by atoms with Crippen molar-refractivity contribution >= 4 is 46.0 Å². The summed E-state index contributed by atoms with van der Waals surface area (Å²) in [7, 11) is 0. The molecule has 1 aliphatic heterocycles. The molecule has 3 rings (SSSR count). The summed E-state index contributed by atoms with van der Waals surface area (Å²) in [5.74, 6) is 0.539. The first-order valence-corrected chi connectivity index (χ1v) is 9.55. The standard InChI is InChI=1S/C21H19NO2S2/c1-3-24-18-12-8-7-11-17(18)22-20(23)19(26-21(22)25)14-15(2)13-16-9-5-4-6-10-16/h4-14H,3H2,1-2H3/b15-13-,19-14-. The largest absolute Gasteiger partial charge is 0.492 e. The SMILES string of the molecule is CCOc1ccccc1N1C(=O)/C(=C/C(C)=C\c2ccccc2)SC1=S. The Morgan fingerprint density at radius 1 is 1.15 bits per heavy atom. The van der Waals surface area contributed by atoms with E-state index in [4.69, 9.17) is 17.0 Å². The smallest absolute Gasteiger partial charge is 0.270 e. The van der Waals surface area contributed by atoms with Gasteiger partial charge >= 0.3 is 0 Å². The van der Waals surface area contributed by atoms with Crippen molar-refractivity contribution in [1.82, 2.24) is 0 Å². The molecule has 0 unspecified atom stereocenters. The highest BCUT2D eigenvalue weighted by Crippen LogP contribution is 2.39. The number of allylic oxidation sites excluding steroid dienone is 2. The second kappa shape index (κ2) is 8.34. The van der Waals surface area contributed by atoms with E-state index in [2.05, 4.69) is 0 Å². The Kier molecular flexibility index (Phi) is 5.91. The van der Waals surface area contributed by atoms with Crippen LogP contribution < -0.4 is 9.64 Å². The van der Waals surface area contributed by atoms with Crippen molar-refractivity contribution in [3.8, 4) is 5.75 Å². The molecule has 0 radical (unpaired) electrons. The lowest BCUT2D eigenvalue weighted by atomic mass is 10.1. The fraction of sp³-hybridized carbons (Fsp3) is 0.143. The van der Waals surface area contributed by atoms with Crippen molar-refractivity contribution in [2.45, 2.75) is 13.8 Å². The summed E-state index contributed by atoms with van der Waals surface area (Å²) in [6, 6.07) is 17.5. The average molecular weight is 382 g/mol. The van der Waals surface area contributed by atoms with Crippen molar-refractivity contribution < 1.29 is 9.53 Å². The van der Waals surface area contributed by atoms with Gasteiger partial charge in [-0.2, -0.15) is 0 Å². The Morgan fingerprint density at radius 3 is 2.58 bits per heavy atom. The van der Waals surface area contributed by atoms with Crippen LogP contribution in [0.4, 0.5) is 5.69 Å². The van der Waals surface area contributed by atoms with Crippen LogP contribution in [0.2, 0.25) is 0 Å². The molecular formula is C21H19NO2S2. The third-order valence-corrected chi connectivity index (χ3v) is 5.05. The predicted molar refractivity (Wildman–Crippen MR) is 113 cm³/mol. The van der Waals surface area contributed by atoms with Gasteiger partial charge in [-0.3, -0.25) is 9.69 Å². The van der Waals surface area contributed by atoms with Gasteiger partial charge in [0.15, 0.2) is 4.32 Å². The maximum Gasteiger partial charge on any atom is 0.270 e. The third-order valence-electron chi connectivity index (χ3n) is 3.75. The summed E-state index contributed by atoms with van der Waals surface area (Å²) >= 11 is 6.77. The summed E-state index contributed by atoms with van der Waals surface area (Å²) in [5.41, 5.74) is 2.78. The third kappa shape index (κ3) is 4.06. The van der Waals surface area contributed by atoms with Crippen molar-refractivity contribution in [3.05, 3.63) is 76.7 Å². The van der Waals surface area contributed by atoms with E-state index < -0.39 is 0 Å². The van der Waals surface area contributed by atoms with Gasteiger partial charge in [0, 0.05) is 0 Å². The summed E-state index contributed by atoms with van der Waals surface area (Å²) in [6.07, 6.45) is 3.93. The molecular weight excluding hydrogens is 362 g/mol. The van der Waals surface area contributed by atoms with Crippen LogP contribution in [0.1, 0.15) is 19.4 Å². The molecule has 0 atom stereocenters. The van der Waals surface area contributed by atoms with Crippen LogP contribution in [-0.4, -0.2) is 16.8 Å². The van der Waals surface area contributed by atoms with Gasteiger partial charge in [-0.25, -0.2) is 0 Å². The number of thiocarbonyl (C=S) groups is 1. The first-order valence-electron chi connectivity index (χ1n) is 8.33. The zero-order chi connectivity index (χ0) is 18.5. The van der Waals surface area contributed by atoms with Crippen LogP contribution in [0.3, 0.4) is 0 Å². The molecule has 2 aromatic carbocycles. The number of para-hydroxylation sites is 2. The van der Waals surface area contributed by atoms with Crippen molar-refractivity contribution in [1.29, 1.82) is 0 Å². The number of carbonyl (C=O) groups excluding carboxylic acids is 1. The van der Waals surface area contributed by atoms with Crippen LogP contribution in [0.25, 0.3) is 6.08 Å². The lowest BCUT2D eigenvalue weighted by Crippen LogP contribution is -2.28. The summed E-state index contributed by atoms with van der Waals surface area (Å²) in [4.78, 5) is 15.1. The van der Waals surface area contributed by atoms with Crippen LogP contribution in [0.15, 0.2) is 71.2 Å². The minimum atomic E-state index is -0.118. The van der Waals surface area contributed by atoms with E-state index >= 15 is 0 Å². The lowest BCUT2D eigenvalue weighted by molar-refractivity contribution is -0.113. The van der Waals surface area contributed by atoms with E-state index in [1.54, 1.807) is 4.90 Å². The molecule has 0 bridgehead atoms. The molecule has 3 nitrogen and oxygen atoms in total. The second-order valence-corrected chi connectivity index (χ2v) is 7.39. The number of rotatable bonds is 5. The fourth-order valence-corrected chi connectivity index (χ4v) is 3.99. The van der Waals surface area contributed by atoms with Gasteiger partial charge in [-0.1, -0.05) is 72.5 Å². The first kappa shape index (κ1) is 18.4. The molecule has 0 aliphatic carbocycles. The molecule has 132 valence electrons. The number of hydrogen-bond donors (Lipinski definition) is 0. The molecule has 0 N–H and O–H groups in total. The van der Waals surface area contributed by atoms with Gasteiger partial charge in [-0.05, 0) is 43.2 Å². The minimum Gasteiger partial charge on any atom is -0.492 e. The molecule has 2 aromatic rings. The number of benzene rings is 2. The van der Waals surface area contributed by atoms with E-state index in [1.807, 2.05) is 80.6 Å². The highest BCUT2D eigenvalue weighted by Gasteiger charge is 2.34. The van der Waals surface area contributed by atoms with Gasteiger partial charge in [0.05, 0.1) is 17.2 Å². The van der Waals surface area contributed by atoms with Crippen LogP contribution >= 0.6 is 24.0 Å². The van der Waals surface area contributed by atoms with Gasteiger partial charge in [0.2, 0.25) is 0 Å². The number of nitrogens with zero attached hydrogens (tertiary/aromatic N) is 1. The maximum absolute atomic E-state index is 12.9. The molecule has 1 saturated heterocycles. The highest BCUT2D eigenvalue weighted by atomic mass is 32.2. The maximum atomic E-state index is 12.9. The number of thioether (sulfide) groups is 1. The normalized spacial score (nSPS) is 16.5. The van der Waals surface area contributed by atoms with Crippen molar-refractivity contribution in [2.24, 2.45) is 0 Å². The lowest BCUT2D eigenvalue weighted by Gasteiger charge is -2.18. The quantitative estimate of drug-likeness (QED) is 0.510. The molecule has 1 fully saturated rings. The Labute approximate surface area is 163 Å². The molecule has 1 heterocycles. The van der Waals surface area contributed by atoms with E-state index in [1.165, 1.54) is 11.8 Å². The van der Waals surface area contributed by atoms with E-state index in [9.17, 15) is 4.79 Å². The Morgan fingerprint density at radius 2 is 1.85 bits per heavy atom. The summed E-state index contributed by atoms with van der Waals surface area (Å²) in [5, 5.41) is 0. The molecule has 0 saturated carbocycles. The number of carbonyl (C=O) groups is 1. The zero-order valence-corrected chi connectivity index (χ0v) is 16.3. The van der Waals surface area contributed by atoms with E-state index in [-0.39, 0.29) is 5.91 Å². The number of amides is 1. The monoisotopic (exact) mass is 381 g/mol. The molecule has 26 heavy (non-hydrogen) atoms. The topological polar surface area (TPSA) is 29.5 Å². The van der Waals surface area contributed by atoms with Crippen molar-refractivity contribution in [3.63, 3.8) is 0 Å². The van der Waals surface area contributed by atoms with Crippen molar-refractivity contribution in [2.75, 3.05) is 11.5 Å². The van der Waals surface area contributed by atoms with Gasteiger partial charge < -0.3 is 4.74 Å². The molecule has 0 spiro atoms. The van der Waals surface area contributed by atoms with E-state index in [0.717, 1.165) is 11.1 Å². The average Bonchev–Trinajstić information content (AvgIpc) is 2.90. The second-order valence-electron chi connectivity index (χ2n) is 5.72. The minimum absolute atomic E-state index is 0.118. The summed E-state index contributed by atoms with van der Waals surface area (Å²) in [6.45, 7) is 4.42. The van der Waals surface area contributed by atoms with Crippen LogP contribution in [0, 0.1) is 0 Å². The van der Waals surface area contributed by atoms with Crippen LogP contribution in [-0.2, 0) is 4.79 Å².